The lowest BCUT2D eigenvalue weighted by molar-refractivity contribution is 0.624. The molecular weight excluding hydrogens is 355 g/mol. The number of unbranched alkanes of at least 4 members (excludes halogenated alkanes) is 1. The van der Waals surface area contributed by atoms with Crippen molar-refractivity contribution in [2.45, 2.75) is 39.5 Å². The van der Waals surface area contributed by atoms with Crippen LogP contribution in [0.5, 0.6) is 0 Å². The molecule has 0 heterocycles. The first kappa shape index (κ1) is 20.4. The van der Waals surface area contributed by atoms with E-state index >= 15 is 0 Å². The van der Waals surface area contributed by atoms with Crippen LogP contribution in [0.1, 0.15) is 60.1 Å². The summed E-state index contributed by atoms with van der Waals surface area (Å²) < 4.78 is 14.4. The Balaban J connectivity index is 1.70. The maximum atomic E-state index is 14.4. The van der Waals surface area contributed by atoms with Crippen LogP contribution in [0.2, 0.25) is 0 Å². The van der Waals surface area contributed by atoms with Crippen molar-refractivity contribution >= 4 is 0 Å². The number of rotatable bonds is 4. The van der Waals surface area contributed by atoms with Crippen LogP contribution in [0.25, 0.3) is 0 Å². The van der Waals surface area contributed by atoms with Gasteiger partial charge in [-0.15, -0.1) is 0 Å². The predicted molar refractivity (Wildman–Crippen MR) is 119 cm³/mol. The summed E-state index contributed by atoms with van der Waals surface area (Å²) in [5, 5.41) is 0. The standard InChI is InChI=1S/C28H25F/c1-3-5-6-23-11-13-24(14-12-23)15-16-26-18-20-27(28(29)21-26)19-17-25-9-7-22(4-2)8-10-25/h7-14,18,20-21H,3-6H2,1-2H3. The summed E-state index contributed by atoms with van der Waals surface area (Å²) in [7, 11) is 0. The molecule has 1 heteroatoms. The maximum Gasteiger partial charge on any atom is 0.140 e. The molecule has 0 saturated heterocycles. The number of benzene rings is 3. The van der Waals surface area contributed by atoms with Crippen molar-refractivity contribution in [1.82, 2.24) is 0 Å². The third-order valence-electron chi connectivity index (χ3n) is 4.80. The van der Waals surface area contributed by atoms with E-state index in [0.29, 0.717) is 11.1 Å². The zero-order chi connectivity index (χ0) is 20.5. The van der Waals surface area contributed by atoms with E-state index in [9.17, 15) is 4.39 Å². The second-order valence-electron chi connectivity index (χ2n) is 7.05. The van der Waals surface area contributed by atoms with E-state index < -0.39 is 0 Å². The Morgan fingerprint density at radius 1 is 0.655 bits per heavy atom. The quantitative estimate of drug-likeness (QED) is 0.451. The number of hydrogen-bond acceptors (Lipinski definition) is 0. The third-order valence-corrected chi connectivity index (χ3v) is 4.80. The molecule has 0 atom stereocenters. The Labute approximate surface area is 173 Å². The average Bonchev–Trinajstić information content (AvgIpc) is 2.76. The Hall–Kier alpha value is -3.29. The molecule has 144 valence electrons. The van der Waals surface area contributed by atoms with Gasteiger partial charge in [0.1, 0.15) is 5.82 Å². The highest BCUT2D eigenvalue weighted by molar-refractivity contribution is 5.49. The fourth-order valence-electron chi connectivity index (χ4n) is 2.94. The lowest BCUT2D eigenvalue weighted by Crippen LogP contribution is -1.87. The van der Waals surface area contributed by atoms with Gasteiger partial charge in [-0.1, -0.05) is 68.2 Å². The van der Waals surface area contributed by atoms with Crippen LogP contribution in [0.15, 0.2) is 66.7 Å². The molecule has 0 nitrogen and oxygen atoms in total. The highest BCUT2D eigenvalue weighted by Gasteiger charge is 2.00. The zero-order valence-electron chi connectivity index (χ0n) is 17.1. The van der Waals surface area contributed by atoms with Crippen molar-refractivity contribution in [1.29, 1.82) is 0 Å². The summed E-state index contributed by atoms with van der Waals surface area (Å²) in [5.41, 5.74) is 5.44. The normalized spacial score (nSPS) is 9.90. The molecule has 0 unspecified atom stereocenters. The molecule has 0 saturated carbocycles. The smallest absolute Gasteiger partial charge is 0.140 e. The van der Waals surface area contributed by atoms with E-state index in [-0.39, 0.29) is 5.82 Å². The zero-order valence-corrected chi connectivity index (χ0v) is 17.1. The van der Waals surface area contributed by atoms with E-state index in [2.05, 4.69) is 61.8 Å². The van der Waals surface area contributed by atoms with E-state index in [1.165, 1.54) is 30.0 Å². The molecule has 0 fully saturated rings. The van der Waals surface area contributed by atoms with Gasteiger partial charge in [-0.3, -0.25) is 0 Å². The van der Waals surface area contributed by atoms with Gasteiger partial charge >= 0.3 is 0 Å². The molecule has 0 spiro atoms. The van der Waals surface area contributed by atoms with Gasteiger partial charge in [-0.05, 0) is 72.9 Å². The molecule has 0 amide bonds. The molecule has 0 bridgehead atoms. The molecule has 29 heavy (non-hydrogen) atoms. The number of hydrogen-bond donors (Lipinski definition) is 0. The SMILES string of the molecule is CCCCc1ccc(C#Cc2ccc(C#Cc3ccc(CC)cc3)c(F)c2)cc1. The summed E-state index contributed by atoms with van der Waals surface area (Å²) in [6.45, 7) is 4.31. The van der Waals surface area contributed by atoms with Crippen molar-refractivity contribution in [2.75, 3.05) is 0 Å². The minimum atomic E-state index is -0.343. The molecule has 0 N–H and O–H groups in total. The molecule has 0 aliphatic rings. The Morgan fingerprint density at radius 3 is 1.79 bits per heavy atom. The highest BCUT2D eigenvalue weighted by Crippen LogP contribution is 2.11. The predicted octanol–water partition coefficient (Wildman–Crippen LogP) is 6.53. The van der Waals surface area contributed by atoms with Gasteiger partial charge in [0.2, 0.25) is 0 Å². The van der Waals surface area contributed by atoms with Crippen LogP contribution in [0.3, 0.4) is 0 Å². The molecule has 0 aliphatic carbocycles. The van der Waals surface area contributed by atoms with Gasteiger partial charge in [-0.2, -0.15) is 0 Å². The summed E-state index contributed by atoms with van der Waals surface area (Å²) in [6, 6.07) is 21.3. The van der Waals surface area contributed by atoms with Crippen molar-refractivity contribution in [3.63, 3.8) is 0 Å². The van der Waals surface area contributed by atoms with E-state index in [4.69, 9.17) is 0 Å². The van der Waals surface area contributed by atoms with Gasteiger partial charge in [0.05, 0.1) is 5.56 Å². The minimum Gasteiger partial charge on any atom is -0.206 e. The molecule has 0 aromatic heterocycles. The van der Waals surface area contributed by atoms with Crippen LogP contribution in [-0.2, 0) is 12.8 Å². The minimum absolute atomic E-state index is 0.343. The summed E-state index contributed by atoms with van der Waals surface area (Å²) in [5.74, 6) is 11.7. The van der Waals surface area contributed by atoms with Crippen molar-refractivity contribution < 1.29 is 4.39 Å². The summed E-state index contributed by atoms with van der Waals surface area (Å²) in [6.07, 6.45) is 4.48. The van der Waals surface area contributed by atoms with Crippen molar-refractivity contribution in [3.05, 3.63) is 106 Å². The van der Waals surface area contributed by atoms with Gasteiger partial charge in [0, 0.05) is 16.7 Å². The first-order valence-corrected chi connectivity index (χ1v) is 10.2. The van der Waals surface area contributed by atoms with Gasteiger partial charge in [0.15, 0.2) is 0 Å². The van der Waals surface area contributed by atoms with E-state index in [1.54, 1.807) is 6.07 Å². The topological polar surface area (TPSA) is 0 Å². The molecular formula is C28H25F. The summed E-state index contributed by atoms with van der Waals surface area (Å²) in [4.78, 5) is 0. The first-order valence-electron chi connectivity index (χ1n) is 10.2. The monoisotopic (exact) mass is 380 g/mol. The second-order valence-corrected chi connectivity index (χ2v) is 7.05. The largest absolute Gasteiger partial charge is 0.206 e. The Bertz CT molecular complexity index is 1070. The van der Waals surface area contributed by atoms with Crippen molar-refractivity contribution in [2.24, 2.45) is 0 Å². The lowest BCUT2D eigenvalue weighted by Gasteiger charge is -1.99. The average molecular weight is 381 g/mol. The molecule has 0 radical (unpaired) electrons. The van der Waals surface area contributed by atoms with Crippen LogP contribution >= 0.6 is 0 Å². The number of halogens is 1. The van der Waals surface area contributed by atoms with Crippen LogP contribution < -0.4 is 0 Å². The molecule has 3 aromatic rings. The van der Waals surface area contributed by atoms with Crippen LogP contribution in [0, 0.1) is 29.5 Å². The molecule has 3 aromatic carbocycles. The van der Waals surface area contributed by atoms with Gasteiger partial charge < -0.3 is 0 Å². The Kier molecular flexibility index (Phi) is 7.27. The third kappa shape index (κ3) is 6.10. The van der Waals surface area contributed by atoms with E-state index in [1.807, 2.05) is 30.3 Å². The number of aryl methyl sites for hydroxylation is 2. The molecule has 0 aliphatic heterocycles. The van der Waals surface area contributed by atoms with E-state index in [0.717, 1.165) is 24.0 Å². The fraction of sp³-hybridized carbons (Fsp3) is 0.214. The van der Waals surface area contributed by atoms with Crippen LogP contribution in [-0.4, -0.2) is 0 Å². The fourth-order valence-corrected chi connectivity index (χ4v) is 2.94. The molecule has 3 rings (SSSR count). The first-order chi connectivity index (χ1) is 14.2. The van der Waals surface area contributed by atoms with Gasteiger partial charge in [0.25, 0.3) is 0 Å². The Morgan fingerprint density at radius 2 is 1.21 bits per heavy atom. The summed E-state index contributed by atoms with van der Waals surface area (Å²) >= 11 is 0. The lowest BCUT2D eigenvalue weighted by atomic mass is 10.1. The maximum absolute atomic E-state index is 14.4. The highest BCUT2D eigenvalue weighted by atomic mass is 19.1. The van der Waals surface area contributed by atoms with Crippen LogP contribution in [0.4, 0.5) is 4.39 Å². The second kappa shape index (κ2) is 10.3. The van der Waals surface area contributed by atoms with Crippen molar-refractivity contribution in [3.8, 4) is 23.7 Å². The van der Waals surface area contributed by atoms with Gasteiger partial charge in [-0.25, -0.2) is 4.39 Å².